The second-order valence-corrected chi connectivity index (χ2v) is 10.4. The molecule has 4 heteroatoms. The molecule has 1 saturated carbocycles. The van der Waals surface area contributed by atoms with Crippen LogP contribution in [0.2, 0.25) is 0 Å². The van der Waals surface area contributed by atoms with Gasteiger partial charge in [-0.05, 0) is 101 Å². The zero-order valence-electron chi connectivity index (χ0n) is 17.5. The summed E-state index contributed by atoms with van der Waals surface area (Å²) in [6, 6.07) is 4.79. The Bertz CT molecular complexity index is 785. The quantitative estimate of drug-likeness (QED) is 0.479. The Balaban J connectivity index is 2.04. The molecule has 0 amide bonds. The zero-order valence-corrected chi connectivity index (χ0v) is 19.1. The molecule has 0 radical (unpaired) electrons. The van der Waals surface area contributed by atoms with E-state index < -0.39 is 5.41 Å². The smallest absolute Gasteiger partial charge is 0.227 e. The maximum atomic E-state index is 12.4. The van der Waals surface area contributed by atoms with Crippen LogP contribution in [-0.4, -0.2) is 10.5 Å². The number of rotatable bonds is 6. The molecule has 0 N–H and O–H groups in total. The van der Waals surface area contributed by atoms with Crippen LogP contribution in [0, 0.1) is 11.3 Å². The predicted molar refractivity (Wildman–Crippen MR) is 116 cm³/mol. The predicted octanol–water partition coefficient (Wildman–Crippen LogP) is 6.67. The van der Waals surface area contributed by atoms with Gasteiger partial charge in [0.25, 0.3) is 0 Å². The highest BCUT2D eigenvalue weighted by atomic mass is 35.5. The molecule has 1 fully saturated rings. The summed E-state index contributed by atoms with van der Waals surface area (Å²) >= 11 is 11.7. The van der Waals surface area contributed by atoms with E-state index in [1.807, 2.05) is 0 Å². The molecule has 0 aliphatic heterocycles. The van der Waals surface area contributed by atoms with Crippen molar-refractivity contribution >= 4 is 33.7 Å². The Morgan fingerprint density at radius 2 is 1.89 bits per heavy atom. The lowest BCUT2D eigenvalue weighted by molar-refractivity contribution is -0.127. The molecule has 154 valence electrons. The summed E-state index contributed by atoms with van der Waals surface area (Å²) in [4.78, 5) is 23.5. The van der Waals surface area contributed by atoms with Gasteiger partial charge in [0.1, 0.15) is 0 Å². The van der Waals surface area contributed by atoms with Crippen molar-refractivity contribution < 1.29 is 9.59 Å². The Hall–Kier alpha value is -0.860. The Morgan fingerprint density at radius 3 is 2.50 bits per heavy atom. The Kier molecular flexibility index (Phi) is 6.32. The van der Waals surface area contributed by atoms with Crippen LogP contribution in [0.4, 0.5) is 0 Å². The summed E-state index contributed by atoms with van der Waals surface area (Å²) in [5.41, 5.74) is 5.11. The van der Waals surface area contributed by atoms with Crippen LogP contribution >= 0.6 is 23.2 Å². The minimum atomic E-state index is -0.436. The van der Waals surface area contributed by atoms with Gasteiger partial charge in [0, 0.05) is 11.8 Å². The van der Waals surface area contributed by atoms with E-state index in [1.54, 1.807) is 0 Å². The highest BCUT2D eigenvalue weighted by molar-refractivity contribution is 6.64. The van der Waals surface area contributed by atoms with Crippen molar-refractivity contribution in [2.24, 2.45) is 11.3 Å². The number of carbonyl (C=O) groups excluding carboxylic acids is 2. The van der Waals surface area contributed by atoms with Gasteiger partial charge in [-0.25, -0.2) is 0 Å². The third-order valence-corrected chi connectivity index (χ3v) is 8.12. The van der Waals surface area contributed by atoms with Crippen molar-refractivity contribution in [1.82, 2.24) is 0 Å². The van der Waals surface area contributed by atoms with Crippen molar-refractivity contribution in [1.29, 1.82) is 0 Å². The maximum absolute atomic E-state index is 12.4. The van der Waals surface area contributed by atoms with Gasteiger partial charge in [0.15, 0.2) is 0 Å². The summed E-state index contributed by atoms with van der Waals surface area (Å²) in [5.74, 6) is 0.729. The monoisotopic (exact) mass is 422 g/mol. The zero-order chi connectivity index (χ0) is 20.7. The fourth-order valence-electron chi connectivity index (χ4n) is 5.99. The normalized spacial score (nSPS) is 29.3. The Labute approximate surface area is 179 Å². The molecule has 1 aromatic carbocycles. The molecule has 0 spiro atoms. The average molecular weight is 423 g/mol. The van der Waals surface area contributed by atoms with Crippen LogP contribution in [0.15, 0.2) is 12.1 Å². The highest BCUT2D eigenvalue weighted by Gasteiger charge is 2.54. The van der Waals surface area contributed by atoms with E-state index in [2.05, 4.69) is 39.8 Å². The first-order chi connectivity index (χ1) is 13.1. The minimum absolute atomic E-state index is 0.0162. The lowest BCUT2D eigenvalue weighted by Crippen LogP contribution is -2.51. The SMILES string of the molecule is CC(C)c1cc2c(cc1CCCC(=O)Cl)C1(C)CCCC(C)(C(=O)Cl)C1CC2. The fraction of sp³-hybridized carbons (Fsp3) is 0.667. The lowest BCUT2D eigenvalue weighted by atomic mass is 9.50. The van der Waals surface area contributed by atoms with Gasteiger partial charge < -0.3 is 0 Å². The standard InChI is InChI=1S/C24H32Cl2O2/c1-15(2)18-13-17-9-10-20-23(3,11-6-12-24(20,4)22(26)28)19(17)14-16(18)7-5-8-21(25)27/h13-15,20H,5-12H2,1-4H3. The third kappa shape index (κ3) is 3.79. The maximum Gasteiger partial charge on any atom is 0.227 e. The number of hydrogen-bond acceptors (Lipinski definition) is 2. The van der Waals surface area contributed by atoms with E-state index in [-0.39, 0.29) is 21.8 Å². The third-order valence-electron chi connectivity index (χ3n) is 7.50. The largest absolute Gasteiger partial charge is 0.281 e. The number of aryl methyl sites for hydroxylation is 2. The first-order valence-electron chi connectivity index (χ1n) is 10.6. The van der Waals surface area contributed by atoms with Crippen LogP contribution < -0.4 is 0 Å². The molecule has 2 aliphatic rings. The van der Waals surface area contributed by atoms with Gasteiger partial charge in [-0.2, -0.15) is 0 Å². The molecular formula is C24H32Cl2O2. The van der Waals surface area contributed by atoms with Gasteiger partial charge in [-0.3, -0.25) is 9.59 Å². The van der Waals surface area contributed by atoms with Crippen LogP contribution in [-0.2, 0) is 27.8 Å². The van der Waals surface area contributed by atoms with E-state index in [0.717, 1.165) is 44.9 Å². The van der Waals surface area contributed by atoms with E-state index in [9.17, 15) is 9.59 Å². The minimum Gasteiger partial charge on any atom is -0.281 e. The number of benzene rings is 1. The fourth-order valence-corrected chi connectivity index (χ4v) is 6.35. The number of hydrogen-bond donors (Lipinski definition) is 0. The molecule has 1 aromatic rings. The highest BCUT2D eigenvalue weighted by Crippen LogP contribution is 2.58. The first kappa shape index (κ1) is 21.8. The molecule has 0 saturated heterocycles. The van der Waals surface area contributed by atoms with Crippen molar-refractivity contribution in [2.45, 2.75) is 90.4 Å². The van der Waals surface area contributed by atoms with Crippen molar-refractivity contribution in [3.05, 3.63) is 34.4 Å². The molecule has 3 unspecified atom stereocenters. The Morgan fingerprint density at radius 1 is 1.18 bits per heavy atom. The lowest BCUT2D eigenvalue weighted by Gasteiger charge is -2.54. The van der Waals surface area contributed by atoms with Gasteiger partial charge in [-0.15, -0.1) is 0 Å². The van der Waals surface area contributed by atoms with Crippen molar-refractivity contribution in [3.8, 4) is 0 Å². The second kappa shape index (κ2) is 8.11. The molecule has 28 heavy (non-hydrogen) atoms. The molecule has 0 heterocycles. The molecule has 2 aliphatic carbocycles. The van der Waals surface area contributed by atoms with E-state index in [0.29, 0.717) is 12.3 Å². The van der Waals surface area contributed by atoms with Crippen LogP contribution in [0.5, 0.6) is 0 Å². The van der Waals surface area contributed by atoms with E-state index in [1.165, 1.54) is 22.3 Å². The summed E-state index contributed by atoms with van der Waals surface area (Å²) in [7, 11) is 0. The van der Waals surface area contributed by atoms with Crippen molar-refractivity contribution in [2.75, 3.05) is 0 Å². The van der Waals surface area contributed by atoms with Crippen LogP contribution in [0.25, 0.3) is 0 Å². The number of carbonyl (C=O) groups is 2. The summed E-state index contributed by atoms with van der Waals surface area (Å²) in [5, 5.41) is -0.439. The number of fused-ring (bicyclic) bond motifs is 3. The molecule has 3 rings (SSSR count). The van der Waals surface area contributed by atoms with Crippen molar-refractivity contribution in [3.63, 3.8) is 0 Å². The van der Waals surface area contributed by atoms with Gasteiger partial charge in [-0.1, -0.05) is 46.2 Å². The summed E-state index contributed by atoms with van der Waals surface area (Å²) in [6.07, 6.45) is 7.11. The second-order valence-electron chi connectivity index (χ2n) is 9.62. The molecule has 0 aromatic heterocycles. The van der Waals surface area contributed by atoms with Crippen LogP contribution in [0.3, 0.4) is 0 Å². The molecule has 0 bridgehead atoms. The van der Waals surface area contributed by atoms with E-state index in [4.69, 9.17) is 23.2 Å². The first-order valence-corrected chi connectivity index (χ1v) is 11.4. The molecule has 2 nitrogen and oxygen atoms in total. The van der Waals surface area contributed by atoms with Gasteiger partial charge in [0.2, 0.25) is 10.5 Å². The van der Waals surface area contributed by atoms with Crippen LogP contribution in [0.1, 0.15) is 94.4 Å². The number of halogens is 2. The van der Waals surface area contributed by atoms with E-state index >= 15 is 0 Å². The molecular weight excluding hydrogens is 391 g/mol. The molecule has 3 atom stereocenters. The summed E-state index contributed by atoms with van der Waals surface area (Å²) < 4.78 is 0. The average Bonchev–Trinajstić information content (AvgIpc) is 2.60. The van der Waals surface area contributed by atoms with Gasteiger partial charge >= 0.3 is 0 Å². The summed E-state index contributed by atoms with van der Waals surface area (Å²) in [6.45, 7) is 8.88. The van der Waals surface area contributed by atoms with Gasteiger partial charge in [0.05, 0.1) is 0 Å². The topological polar surface area (TPSA) is 34.1 Å².